The first-order valence-corrected chi connectivity index (χ1v) is 19.9. The van der Waals surface area contributed by atoms with Crippen LogP contribution in [0.15, 0.2) is 60.8 Å². The smallest absolute Gasteiger partial charge is 0.320 e. The van der Waals surface area contributed by atoms with Crippen LogP contribution in [0.5, 0.6) is 0 Å². The van der Waals surface area contributed by atoms with E-state index in [1.54, 1.807) is 0 Å². The van der Waals surface area contributed by atoms with Gasteiger partial charge in [0.15, 0.2) is 0 Å². The molecule has 2 amide bonds. The minimum atomic E-state index is -0.229. The van der Waals surface area contributed by atoms with Crippen molar-refractivity contribution in [1.29, 1.82) is 0 Å². The van der Waals surface area contributed by atoms with Gasteiger partial charge >= 0.3 is 6.03 Å². The standard InChI is InChI=1S/C42H60ClFN4O/c1-2-3-4-5-6-7-8-9-10-11-12-13-14-15-16-17-26-46-31-32-47(42(46)49)30-29-45-27-24-35(25-28-45)40-34-48(38-21-19-37(44)20-22-38)41-23-18-36(43)33-39(40)41/h9-10,18-23,33-35H,2-8,11-17,24-32H2,1H3. The van der Waals surface area contributed by atoms with Gasteiger partial charge in [0.2, 0.25) is 0 Å². The summed E-state index contributed by atoms with van der Waals surface area (Å²) in [5.74, 6) is 0.215. The van der Waals surface area contributed by atoms with Gasteiger partial charge < -0.3 is 19.3 Å². The number of fused-ring (bicyclic) bond motifs is 1. The number of unbranched alkanes of at least 4 members (excludes halogenated alkanes) is 12. The van der Waals surface area contributed by atoms with E-state index in [1.165, 1.54) is 107 Å². The topological polar surface area (TPSA) is 31.7 Å². The van der Waals surface area contributed by atoms with Crippen LogP contribution in [0.1, 0.15) is 121 Å². The third-order valence-electron chi connectivity index (χ3n) is 10.7. The van der Waals surface area contributed by atoms with Gasteiger partial charge in [-0.15, -0.1) is 0 Å². The Hall–Kier alpha value is -2.83. The number of carbonyl (C=O) groups is 1. The minimum Gasteiger partial charge on any atom is -0.323 e. The van der Waals surface area contributed by atoms with Crippen molar-refractivity contribution in [3.8, 4) is 5.69 Å². The Kier molecular flexibility index (Phi) is 15.4. The summed E-state index contributed by atoms with van der Waals surface area (Å²) in [6.07, 6.45) is 27.5. The van der Waals surface area contributed by atoms with Gasteiger partial charge in [-0.05, 0) is 112 Å². The highest BCUT2D eigenvalue weighted by Gasteiger charge is 2.29. The third kappa shape index (κ3) is 11.3. The van der Waals surface area contributed by atoms with E-state index in [-0.39, 0.29) is 11.8 Å². The summed E-state index contributed by atoms with van der Waals surface area (Å²) in [7, 11) is 0. The molecule has 0 atom stereocenters. The van der Waals surface area contributed by atoms with Crippen molar-refractivity contribution < 1.29 is 9.18 Å². The molecule has 0 N–H and O–H groups in total. The molecule has 268 valence electrons. The number of hydrogen-bond donors (Lipinski definition) is 0. The van der Waals surface area contributed by atoms with Gasteiger partial charge in [-0.2, -0.15) is 0 Å². The van der Waals surface area contributed by atoms with E-state index in [0.29, 0.717) is 5.92 Å². The number of nitrogens with zero attached hydrogens (tertiary/aromatic N) is 4. The number of rotatable bonds is 21. The Morgan fingerprint density at radius 2 is 1.35 bits per heavy atom. The maximum atomic E-state index is 13.6. The van der Waals surface area contributed by atoms with Gasteiger partial charge in [-0.3, -0.25) is 0 Å². The molecular formula is C42H60ClFN4O. The number of piperidine rings is 1. The first-order chi connectivity index (χ1) is 24.0. The number of carbonyl (C=O) groups excluding carboxylic acids is 1. The van der Waals surface area contributed by atoms with Gasteiger partial charge in [0.25, 0.3) is 0 Å². The predicted octanol–water partition coefficient (Wildman–Crippen LogP) is 11.4. The molecule has 2 fully saturated rings. The van der Waals surface area contributed by atoms with E-state index in [9.17, 15) is 9.18 Å². The average molecular weight is 691 g/mol. The summed E-state index contributed by atoms with van der Waals surface area (Å²) in [6, 6.07) is 13.0. The number of allylic oxidation sites excluding steroid dienone is 2. The molecule has 5 nitrogen and oxygen atoms in total. The fourth-order valence-electron chi connectivity index (χ4n) is 7.70. The molecule has 2 aromatic carbocycles. The highest BCUT2D eigenvalue weighted by molar-refractivity contribution is 6.31. The number of benzene rings is 2. The van der Waals surface area contributed by atoms with Gasteiger partial charge in [-0.25, -0.2) is 9.18 Å². The fourth-order valence-corrected chi connectivity index (χ4v) is 7.87. The molecule has 0 bridgehead atoms. The summed E-state index contributed by atoms with van der Waals surface area (Å²) >= 11 is 6.44. The highest BCUT2D eigenvalue weighted by Crippen LogP contribution is 2.37. The van der Waals surface area contributed by atoms with Crippen LogP contribution >= 0.6 is 11.6 Å². The van der Waals surface area contributed by atoms with E-state index >= 15 is 0 Å². The summed E-state index contributed by atoms with van der Waals surface area (Å²) in [5, 5.41) is 1.92. The van der Waals surface area contributed by atoms with Gasteiger partial charge in [0.05, 0.1) is 5.52 Å². The first-order valence-electron chi connectivity index (χ1n) is 19.5. The quantitative estimate of drug-likeness (QED) is 0.0823. The number of likely N-dealkylation sites (tertiary alicyclic amines) is 1. The van der Waals surface area contributed by atoms with Crippen LogP contribution in [0, 0.1) is 5.82 Å². The lowest BCUT2D eigenvalue weighted by atomic mass is 9.89. The molecule has 3 heterocycles. The Morgan fingerprint density at radius 3 is 2.02 bits per heavy atom. The van der Waals surface area contributed by atoms with Gasteiger partial charge in [-0.1, -0.05) is 88.5 Å². The van der Waals surface area contributed by atoms with E-state index in [2.05, 4.69) is 56.7 Å². The Balaban J connectivity index is 0.939. The number of aromatic nitrogens is 1. The van der Waals surface area contributed by atoms with Gasteiger partial charge in [0, 0.05) is 55.0 Å². The summed E-state index contributed by atoms with van der Waals surface area (Å²) in [6.45, 7) is 8.69. The summed E-state index contributed by atoms with van der Waals surface area (Å²) in [4.78, 5) is 19.7. The maximum absolute atomic E-state index is 13.6. The number of halogens is 2. The van der Waals surface area contributed by atoms with Crippen molar-refractivity contribution in [2.45, 2.75) is 116 Å². The fraction of sp³-hybridized carbons (Fsp3) is 0.595. The molecule has 3 aromatic rings. The molecule has 2 saturated heterocycles. The van der Waals surface area contributed by atoms with Crippen LogP contribution in [-0.4, -0.2) is 71.1 Å². The molecule has 2 aliphatic rings. The lowest BCUT2D eigenvalue weighted by Gasteiger charge is -2.33. The largest absolute Gasteiger partial charge is 0.323 e. The molecule has 0 aliphatic carbocycles. The number of amides is 2. The molecule has 0 saturated carbocycles. The van der Waals surface area contributed by atoms with Crippen molar-refractivity contribution in [3.63, 3.8) is 0 Å². The molecule has 2 aliphatic heterocycles. The normalized spacial score (nSPS) is 16.3. The lowest BCUT2D eigenvalue weighted by molar-refractivity contribution is 0.170. The predicted molar refractivity (Wildman–Crippen MR) is 205 cm³/mol. The Bertz CT molecular complexity index is 1440. The second-order valence-electron chi connectivity index (χ2n) is 14.4. The monoisotopic (exact) mass is 690 g/mol. The van der Waals surface area contributed by atoms with E-state index in [0.717, 1.165) is 81.3 Å². The van der Waals surface area contributed by atoms with Crippen molar-refractivity contribution in [2.24, 2.45) is 0 Å². The molecular weight excluding hydrogens is 631 g/mol. The summed E-state index contributed by atoms with van der Waals surface area (Å²) < 4.78 is 15.8. The van der Waals surface area contributed by atoms with Crippen molar-refractivity contribution in [2.75, 3.05) is 45.8 Å². The van der Waals surface area contributed by atoms with Crippen LogP contribution in [0.4, 0.5) is 9.18 Å². The van der Waals surface area contributed by atoms with Crippen molar-refractivity contribution >= 4 is 28.5 Å². The summed E-state index contributed by atoms with van der Waals surface area (Å²) in [5.41, 5.74) is 3.37. The van der Waals surface area contributed by atoms with Crippen LogP contribution in [0.3, 0.4) is 0 Å². The zero-order chi connectivity index (χ0) is 34.3. The molecule has 0 unspecified atom stereocenters. The number of urea groups is 1. The number of hydrogen-bond acceptors (Lipinski definition) is 2. The third-order valence-corrected chi connectivity index (χ3v) is 11.0. The molecule has 49 heavy (non-hydrogen) atoms. The first kappa shape index (κ1) is 37.4. The van der Waals surface area contributed by atoms with Crippen LogP contribution in [0.2, 0.25) is 5.02 Å². The van der Waals surface area contributed by atoms with Crippen molar-refractivity contribution in [1.82, 2.24) is 19.3 Å². The zero-order valence-electron chi connectivity index (χ0n) is 30.1. The van der Waals surface area contributed by atoms with E-state index < -0.39 is 0 Å². The van der Waals surface area contributed by atoms with Crippen LogP contribution in [-0.2, 0) is 0 Å². The van der Waals surface area contributed by atoms with E-state index in [4.69, 9.17) is 11.6 Å². The molecule has 1 aromatic heterocycles. The molecule has 5 rings (SSSR count). The Morgan fingerprint density at radius 1 is 0.735 bits per heavy atom. The zero-order valence-corrected chi connectivity index (χ0v) is 30.8. The van der Waals surface area contributed by atoms with Crippen molar-refractivity contribution in [3.05, 3.63) is 77.2 Å². The van der Waals surface area contributed by atoms with Gasteiger partial charge in [0.1, 0.15) is 5.82 Å². The van der Waals surface area contributed by atoms with E-state index in [1.807, 2.05) is 18.2 Å². The molecule has 0 spiro atoms. The molecule has 7 heteroatoms. The molecule has 0 radical (unpaired) electrons. The second kappa shape index (κ2) is 20.1. The average Bonchev–Trinajstić information content (AvgIpc) is 3.67. The van der Waals surface area contributed by atoms with Crippen LogP contribution < -0.4 is 0 Å². The Labute approximate surface area is 300 Å². The maximum Gasteiger partial charge on any atom is 0.320 e. The lowest BCUT2D eigenvalue weighted by Crippen LogP contribution is -2.41. The minimum absolute atomic E-state index is 0.229. The highest BCUT2D eigenvalue weighted by atomic mass is 35.5. The van der Waals surface area contributed by atoms with Crippen LogP contribution in [0.25, 0.3) is 16.6 Å². The second-order valence-corrected chi connectivity index (χ2v) is 14.8. The SMILES string of the molecule is CCCCCCCCC=CCCCCCCCCN1CCN(CCN2CCC(c3cn(-c4ccc(F)cc4)c4ccc(Cl)cc34)CC2)C1=O.